The van der Waals surface area contributed by atoms with E-state index in [1.165, 1.54) is 37.7 Å². The van der Waals surface area contributed by atoms with Crippen LogP contribution in [0.25, 0.3) is 0 Å². The molecule has 0 spiro atoms. The zero-order valence-corrected chi connectivity index (χ0v) is 14.6. The van der Waals surface area contributed by atoms with Gasteiger partial charge in [0.2, 0.25) is 0 Å². The fourth-order valence-electron chi connectivity index (χ4n) is 2.04. The maximum absolute atomic E-state index is 6.02. The van der Waals surface area contributed by atoms with Crippen LogP contribution in [0.15, 0.2) is 24.3 Å². The number of unbranched alkanes of at least 4 members (excludes halogenated alkanes) is 5. The lowest BCUT2D eigenvalue weighted by atomic mass is 10.1. The van der Waals surface area contributed by atoms with E-state index >= 15 is 0 Å². The third kappa shape index (κ3) is 7.52. The van der Waals surface area contributed by atoms with Crippen molar-refractivity contribution < 1.29 is 4.74 Å². The van der Waals surface area contributed by atoms with Gasteiger partial charge < -0.3 is 4.74 Å². The van der Waals surface area contributed by atoms with Crippen LogP contribution in [0.5, 0.6) is 0 Å². The molecule has 0 amide bonds. The van der Waals surface area contributed by atoms with Gasteiger partial charge in [0.1, 0.15) is 0 Å². The van der Waals surface area contributed by atoms with E-state index in [2.05, 4.69) is 35.6 Å². The van der Waals surface area contributed by atoms with Crippen LogP contribution in [-0.4, -0.2) is 11.0 Å². The van der Waals surface area contributed by atoms with Gasteiger partial charge in [0, 0.05) is 16.1 Å². The lowest BCUT2D eigenvalue weighted by Crippen LogP contribution is -2.07. The Morgan fingerprint density at radius 2 is 1.89 bits per heavy atom. The number of hydrogen-bond acceptors (Lipinski definition) is 1. The third-order valence-corrected chi connectivity index (χ3v) is 4.21. The fraction of sp³-hybridized carbons (Fsp3) is 0.625. The number of hydrogen-bond donors (Lipinski definition) is 0. The molecule has 0 aliphatic heterocycles. The van der Waals surface area contributed by atoms with E-state index in [1.54, 1.807) is 0 Å². The Hall–Kier alpha value is 0.200. The predicted octanol–water partition coefficient (Wildman–Crippen LogP) is 6.19. The van der Waals surface area contributed by atoms with Crippen LogP contribution in [0.2, 0.25) is 5.02 Å². The summed E-state index contributed by atoms with van der Waals surface area (Å²) in [5.41, 5.74) is 1.19. The predicted molar refractivity (Wildman–Crippen MR) is 92.4 cm³/mol. The van der Waals surface area contributed by atoms with Gasteiger partial charge in [-0.2, -0.15) is 0 Å². The molecule has 3 heteroatoms. The smallest absolute Gasteiger partial charge is 0.0914 e. The maximum Gasteiger partial charge on any atom is 0.0914 e. The summed E-state index contributed by atoms with van der Waals surface area (Å²) < 4.78 is 6.94. The van der Waals surface area contributed by atoms with Crippen molar-refractivity contribution in [3.8, 4) is 0 Å². The molecule has 0 N–H and O–H groups in total. The summed E-state index contributed by atoms with van der Waals surface area (Å²) in [6.07, 6.45) is 7.99. The Bertz CT molecular complexity index is 343. The lowest BCUT2D eigenvalue weighted by Gasteiger charge is -2.16. The molecule has 1 atom stereocenters. The molecule has 0 aliphatic rings. The van der Waals surface area contributed by atoms with Gasteiger partial charge in [-0.3, -0.25) is 0 Å². The second kappa shape index (κ2) is 10.9. The highest BCUT2D eigenvalue weighted by molar-refractivity contribution is 14.1. The minimum Gasteiger partial charge on any atom is -0.373 e. The monoisotopic (exact) mass is 394 g/mol. The van der Waals surface area contributed by atoms with E-state index in [-0.39, 0.29) is 6.10 Å². The standard InChI is InChI=1S/C16H24ClIO/c1-2-3-4-5-6-7-11-19-16(13-18)14-9-8-10-15(17)12-14/h8-10,12,16H,2-7,11,13H2,1H3. The van der Waals surface area contributed by atoms with E-state index in [0.717, 1.165) is 22.5 Å². The zero-order valence-electron chi connectivity index (χ0n) is 11.7. The van der Waals surface area contributed by atoms with Crippen molar-refractivity contribution >= 4 is 34.2 Å². The van der Waals surface area contributed by atoms with E-state index in [9.17, 15) is 0 Å². The summed E-state index contributed by atoms with van der Waals surface area (Å²) in [5, 5.41) is 0.788. The van der Waals surface area contributed by atoms with Gasteiger partial charge in [-0.1, -0.05) is 85.4 Å². The van der Waals surface area contributed by atoms with Crippen molar-refractivity contribution in [1.82, 2.24) is 0 Å². The molecule has 0 bridgehead atoms. The van der Waals surface area contributed by atoms with Crippen LogP contribution in [0.1, 0.15) is 57.1 Å². The molecule has 19 heavy (non-hydrogen) atoms. The molecule has 1 rings (SSSR count). The minimum absolute atomic E-state index is 0.176. The Labute approximate surface area is 136 Å². The van der Waals surface area contributed by atoms with Crippen LogP contribution in [0.3, 0.4) is 0 Å². The van der Waals surface area contributed by atoms with Crippen molar-refractivity contribution in [1.29, 1.82) is 0 Å². The van der Waals surface area contributed by atoms with Crippen molar-refractivity contribution in [2.75, 3.05) is 11.0 Å². The maximum atomic E-state index is 6.02. The Morgan fingerprint density at radius 1 is 1.16 bits per heavy atom. The van der Waals surface area contributed by atoms with Crippen LogP contribution in [-0.2, 0) is 4.74 Å². The molecule has 0 fully saturated rings. The number of rotatable bonds is 10. The Kier molecular flexibility index (Phi) is 9.92. The molecule has 108 valence electrons. The summed E-state index contributed by atoms with van der Waals surface area (Å²) in [7, 11) is 0. The summed E-state index contributed by atoms with van der Waals surface area (Å²) in [6, 6.07) is 8.00. The first-order valence-electron chi connectivity index (χ1n) is 7.21. The Morgan fingerprint density at radius 3 is 2.58 bits per heavy atom. The summed E-state index contributed by atoms with van der Waals surface area (Å²) in [4.78, 5) is 0. The normalized spacial score (nSPS) is 12.6. The molecule has 0 heterocycles. The first-order valence-corrected chi connectivity index (χ1v) is 9.11. The number of ether oxygens (including phenoxy) is 1. The largest absolute Gasteiger partial charge is 0.373 e. The average Bonchev–Trinajstić information content (AvgIpc) is 2.42. The molecule has 0 aliphatic carbocycles. The number of benzene rings is 1. The summed E-state index contributed by atoms with van der Waals surface area (Å²) in [6.45, 7) is 3.10. The van der Waals surface area contributed by atoms with Gasteiger partial charge in [0.25, 0.3) is 0 Å². The van der Waals surface area contributed by atoms with Crippen LogP contribution in [0.4, 0.5) is 0 Å². The first kappa shape index (κ1) is 17.3. The van der Waals surface area contributed by atoms with Gasteiger partial charge in [0.05, 0.1) is 6.10 Å². The van der Waals surface area contributed by atoms with Gasteiger partial charge in [0.15, 0.2) is 0 Å². The highest BCUT2D eigenvalue weighted by Crippen LogP contribution is 2.23. The molecule has 1 unspecified atom stereocenters. The van der Waals surface area contributed by atoms with E-state index < -0.39 is 0 Å². The fourth-order valence-corrected chi connectivity index (χ4v) is 3.01. The van der Waals surface area contributed by atoms with Gasteiger partial charge >= 0.3 is 0 Å². The molecule has 1 aromatic carbocycles. The molecule has 0 radical (unpaired) electrons. The summed E-state index contributed by atoms with van der Waals surface area (Å²) >= 11 is 8.40. The van der Waals surface area contributed by atoms with Crippen molar-refractivity contribution in [2.24, 2.45) is 0 Å². The molecular formula is C16H24ClIO. The van der Waals surface area contributed by atoms with E-state index in [1.807, 2.05) is 18.2 Å². The molecule has 0 saturated heterocycles. The molecule has 0 aromatic heterocycles. The molecule has 1 nitrogen and oxygen atoms in total. The van der Waals surface area contributed by atoms with Crippen molar-refractivity contribution in [3.63, 3.8) is 0 Å². The highest BCUT2D eigenvalue weighted by Gasteiger charge is 2.10. The van der Waals surface area contributed by atoms with Gasteiger partial charge in [-0.15, -0.1) is 0 Å². The van der Waals surface area contributed by atoms with Crippen molar-refractivity contribution in [2.45, 2.75) is 51.6 Å². The van der Waals surface area contributed by atoms with Crippen LogP contribution in [0, 0.1) is 0 Å². The average molecular weight is 395 g/mol. The highest BCUT2D eigenvalue weighted by atomic mass is 127. The molecule has 0 saturated carbocycles. The SMILES string of the molecule is CCCCCCCCOC(CI)c1cccc(Cl)c1. The number of halogens is 2. The first-order chi connectivity index (χ1) is 9.27. The topological polar surface area (TPSA) is 9.23 Å². The Balaban J connectivity index is 2.22. The van der Waals surface area contributed by atoms with Crippen LogP contribution < -0.4 is 0 Å². The van der Waals surface area contributed by atoms with Crippen LogP contribution >= 0.6 is 34.2 Å². The van der Waals surface area contributed by atoms with E-state index in [0.29, 0.717) is 0 Å². The van der Waals surface area contributed by atoms with Gasteiger partial charge in [-0.25, -0.2) is 0 Å². The number of alkyl halides is 1. The second-order valence-corrected chi connectivity index (χ2v) is 6.15. The molecule has 1 aromatic rings. The summed E-state index contributed by atoms with van der Waals surface area (Å²) in [5.74, 6) is 0. The van der Waals surface area contributed by atoms with Gasteiger partial charge in [-0.05, 0) is 24.1 Å². The third-order valence-electron chi connectivity index (χ3n) is 3.18. The van der Waals surface area contributed by atoms with E-state index in [4.69, 9.17) is 16.3 Å². The lowest BCUT2D eigenvalue weighted by molar-refractivity contribution is 0.0679. The molecular weight excluding hydrogens is 371 g/mol. The quantitative estimate of drug-likeness (QED) is 0.261. The zero-order chi connectivity index (χ0) is 13.9. The minimum atomic E-state index is 0.176. The second-order valence-electron chi connectivity index (χ2n) is 4.84. The van der Waals surface area contributed by atoms with Crippen molar-refractivity contribution in [3.05, 3.63) is 34.9 Å².